The molecule has 0 saturated heterocycles. The number of amides is 1. The molecule has 2 heterocycles. The van der Waals surface area contributed by atoms with Crippen LogP contribution in [0, 0.1) is 6.92 Å². The number of anilines is 2. The number of aromatic nitrogens is 2. The quantitative estimate of drug-likeness (QED) is 0.711. The zero-order chi connectivity index (χ0) is 19.3. The second kappa shape index (κ2) is 7.96. The fourth-order valence-electron chi connectivity index (χ4n) is 2.75. The van der Waals surface area contributed by atoms with Crippen molar-refractivity contribution in [1.29, 1.82) is 0 Å². The molecule has 0 bridgehead atoms. The molecule has 1 amide bonds. The SMILES string of the molecule is Cc1ccc(CNC(=O)c2cnc(Nc3ccc4c(c3)OCCO4)nc2)cc1. The summed E-state index contributed by atoms with van der Waals surface area (Å²) in [5.74, 6) is 1.58. The lowest BCUT2D eigenvalue weighted by Crippen LogP contribution is -2.23. The number of ether oxygens (including phenoxy) is 2. The van der Waals surface area contributed by atoms with Crippen molar-refractivity contribution in [2.24, 2.45) is 0 Å². The molecule has 4 rings (SSSR count). The molecule has 7 nitrogen and oxygen atoms in total. The highest BCUT2D eigenvalue weighted by molar-refractivity contribution is 5.93. The summed E-state index contributed by atoms with van der Waals surface area (Å²) in [7, 11) is 0. The van der Waals surface area contributed by atoms with Gasteiger partial charge in [-0.25, -0.2) is 9.97 Å². The molecule has 1 aliphatic rings. The van der Waals surface area contributed by atoms with E-state index in [0.717, 1.165) is 17.0 Å². The standard InChI is InChI=1S/C21H20N4O3/c1-14-2-4-15(5-3-14)11-22-20(26)16-12-23-21(24-13-16)25-17-6-7-18-19(10-17)28-9-8-27-18/h2-7,10,12-13H,8-9,11H2,1H3,(H,22,26)(H,23,24,25). The number of fused-ring (bicyclic) bond motifs is 1. The minimum absolute atomic E-state index is 0.216. The van der Waals surface area contributed by atoms with Crippen molar-refractivity contribution in [2.75, 3.05) is 18.5 Å². The van der Waals surface area contributed by atoms with Crippen molar-refractivity contribution in [2.45, 2.75) is 13.5 Å². The highest BCUT2D eigenvalue weighted by Crippen LogP contribution is 2.33. The number of aryl methyl sites for hydroxylation is 1. The largest absolute Gasteiger partial charge is 0.486 e. The number of rotatable bonds is 5. The van der Waals surface area contributed by atoms with Gasteiger partial charge in [-0.1, -0.05) is 29.8 Å². The van der Waals surface area contributed by atoms with E-state index in [1.807, 2.05) is 49.4 Å². The van der Waals surface area contributed by atoms with Crippen molar-refractivity contribution < 1.29 is 14.3 Å². The molecule has 0 saturated carbocycles. The maximum Gasteiger partial charge on any atom is 0.254 e. The first-order valence-corrected chi connectivity index (χ1v) is 9.00. The minimum atomic E-state index is -0.216. The Morgan fingerprint density at radius 3 is 2.46 bits per heavy atom. The third-order valence-electron chi connectivity index (χ3n) is 4.29. The smallest absolute Gasteiger partial charge is 0.254 e. The summed E-state index contributed by atoms with van der Waals surface area (Å²) in [5, 5.41) is 5.96. The monoisotopic (exact) mass is 376 g/mol. The van der Waals surface area contributed by atoms with Crippen LogP contribution in [0.3, 0.4) is 0 Å². The van der Waals surface area contributed by atoms with Crippen LogP contribution in [0.2, 0.25) is 0 Å². The van der Waals surface area contributed by atoms with Gasteiger partial charge in [-0.2, -0.15) is 0 Å². The Morgan fingerprint density at radius 1 is 1.00 bits per heavy atom. The molecular formula is C21H20N4O3. The van der Waals surface area contributed by atoms with Crippen molar-refractivity contribution in [3.8, 4) is 11.5 Å². The summed E-state index contributed by atoms with van der Waals surface area (Å²) in [6.45, 7) is 3.56. The molecule has 0 unspecified atom stereocenters. The van der Waals surface area contributed by atoms with Crippen molar-refractivity contribution >= 4 is 17.5 Å². The fourth-order valence-corrected chi connectivity index (χ4v) is 2.75. The third kappa shape index (κ3) is 4.20. The van der Waals surface area contributed by atoms with E-state index in [1.165, 1.54) is 18.0 Å². The van der Waals surface area contributed by atoms with E-state index >= 15 is 0 Å². The van der Waals surface area contributed by atoms with E-state index in [9.17, 15) is 4.79 Å². The van der Waals surface area contributed by atoms with E-state index in [4.69, 9.17) is 9.47 Å². The maximum atomic E-state index is 12.3. The summed E-state index contributed by atoms with van der Waals surface area (Å²) < 4.78 is 11.1. The average molecular weight is 376 g/mol. The minimum Gasteiger partial charge on any atom is -0.486 e. The number of nitrogens with one attached hydrogen (secondary N) is 2. The summed E-state index contributed by atoms with van der Waals surface area (Å²) in [5.41, 5.74) is 3.40. The van der Waals surface area contributed by atoms with Gasteiger partial charge in [0.2, 0.25) is 5.95 Å². The van der Waals surface area contributed by atoms with Crippen molar-refractivity contribution in [3.05, 3.63) is 71.5 Å². The van der Waals surface area contributed by atoms with Crippen molar-refractivity contribution in [1.82, 2.24) is 15.3 Å². The van der Waals surface area contributed by atoms with E-state index in [1.54, 1.807) is 0 Å². The van der Waals surface area contributed by atoms with Gasteiger partial charge in [0.1, 0.15) is 13.2 Å². The highest BCUT2D eigenvalue weighted by atomic mass is 16.6. The Labute approximate surface area is 162 Å². The molecule has 1 aliphatic heterocycles. The van der Waals surface area contributed by atoms with Crippen LogP contribution in [0.25, 0.3) is 0 Å². The van der Waals surface area contributed by atoms with Crippen LogP contribution in [0.1, 0.15) is 21.5 Å². The Bertz CT molecular complexity index is 972. The van der Waals surface area contributed by atoms with E-state index in [2.05, 4.69) is 20.6 Å². The van der Waals surface area contributed by atoms with Crippen LogP contribution in [-0.2, 0) is 6.54 Å². The lowest BCUT2D eigenvalue weighted by Gasteiger charge is -2.18. The van der Waals surface area contributed by atoms with Gasteiger partial charge in [0.05, 0.1) is 5.56 Å². The second-order valence-electron chi connectivity index (χ2n) is 6.45. The molecule has 0 spiro atoms. The van der Waals surface area contributed by atoms with Crippen LogP contribution in [0.4, 0.5) is 11.6 Å². The first-order valence-electron chi connectivity index (χ1n) is 9.00. The summed E-state index contributed by atoms with van der Waals surface area (Å²) in [6, 6.07) is 13.5. The maximum absolute atomic E-state index is 12.3. The Morgan fingerprint density at radius 2 is 1.71 bits per heavy atom. The Kier molecular flexibility index (Phi) is 5.05. The van der Waals surface area contributed by atoms with E-state index in [0.29, 0.717) is 37.0 Å². The highest BCUT2D eigenvalue weighted by Gasteiger charge is 2.12. The summed E-state index contributed by atoms with van der Waals surface area (Å²) >= 11 is 0. The molecule has 0 radical (unpaired) electrons. The third-order valence-corrected chi connectivity index (χ3v) is 4.29. The van der Waals surface area contributed by atoms with Crippen LogP contribution in [-0.4, -0.2) is 29.1 Å². The number of hydrogen-bond donors (Lipinski definition) is 2. The summed E-state index contributed by atoms with van der Waals surface area (Å²) in [4.78, 5) is 20.7. The van der Waals surface area contributed by atoms with Gasteiger partial charge in [-0.05, 0) is 24.6 Å². The Hall–Kier alpha value is -3.61. The van der Waals surface area contributed by atoms with E-state index in [-0.39, 0.29) is 5.91 Å². The number of nitrogens with zero attached hydrogens (tertiary/aromatic N) is 2. The molecule has 2 aromatic carbocycles. The van der Waals surface area contributed by atoms with Crippen LogP contribution in [0.15, 0.2) is 54.9 Å². The fraction of sp³-hybridized carbons (Fsp3) is 0.190. The molecular weight excluding hydrogens is 356 g/mol. The van der Waals surface area contributed by atoms with Gasteiger partial charge in [0, 0.05) is 30.7 Å². The van der Waals surface area contributed by atoms with Crippen LogP contribution >= 0.6 is 0 Å². The van der Waals surface area contributed by atoms with Crippen LogP contribution < -0.4 is 20.1 Å². The number of benzene rings is 2. The zero-order valence-electron chi connectivity index (χ0n) is 15.4. The van der Waals surface area contributed by atoms with Gasteiger partial charge in [0.25, 0.3) is 5.91 Å². The molecule has 0 atom stereocenters. The number of carbonyl (C=O) groups excluding carboxylic acids is 1. The molecule has 0 aliphatic carbocycles. The predicted octanol–water partition coefficient (Wildman–Crippen LogP) is 3.23. The van der Waals surface area contributed by atoms with Crippen LogP contribution in [0.5, 0.6) is 11.5 Å². The summed E-state index contributed by atoms with van der Waals surface area (Å²) in [6.07, 6.45) is 3.00. The zero-order valence-corrected chi connectivity index (χ0v) is 15.4. The molecule has 3 aromatic rings. The molecule has 1 aromatic heterocycles. The first kappa shape index (κ1) is 17.8. The van der Waals surface area contributed by atoms with Gasteiger partial charge in [-0.3, -0.25) is 4.79 Å². The van der Waals surface area contributed by atoms with Gasteiger partial charge >= 0.3 is 0 Å². The lowest BCUT2D eigenvalue weighted by atomic mass is 10.1. The molecule has 0 fully saturated rings. The predicted molar refractivity (Wildman–Crippen MR) is 105 cm³/mol. The number of hydrogen-bond acceptors (Lipinski definition) is 6. The van der Waals surface area contributed by atoms with Crippen molar-refractivity contribution in [3.63, 3.8) is 0 Å². The van der Waals surface area contributed by atoms with Gasteiger partial charge in [0.15, 0.2) is 11.5 Å². The van der Waals surface area contributed by atoms with Gasteiger partial charge < -0.3 is 20.1 Å². The lowest BCUT2D eigenvalue weighted by molar-refractivity contribution is 0.0950. The molecule has 142 valence electrons. The second-order valence-corrected chi connectivity index (χ2v) is 6.45. The topological polar surface area (TPSA) is 85.4 Å². The first-order chi connectivity index (χ1) is 13.7. The van der Waals surface area contributed by atoms with E-state index < -0.39 is 0 Å². The van der Waals surface area contributed by atoms with Gasteiger partial charge in [-0.15, -0.1) is 0 Å². The molecule has 2 N–H and O–H groups in total. The Balaban J connectivity index is 1.36. The normalized spacial score (nSPS) is 12.3. The molecule has 7 heteroatoms. The molecule has 28 heavy (non-hydrogen) atoms. The average Bonchev–Trinajstić information content (AvgIpc) is 2.73. The number of carbonyl (C=O) groups is 1.